The number of aliphatic hydroxyl groups excluding tert-OH is 1. The van der Waals surface area contributed by atoms with Crippen molar-refractivity contribution in [3.63, 3.8) is 0 Å². The molecule has 63 heavy (non-hydrogen) atoms. The highest BCUT2D eigenvalue weighted by molar-refractivity contribution is 5.92. The monoisotopic (exact) mass is 832 g/mol. The molecule has 1 unspecified atom stereocenters. The molecule has 0 aliphatic heterocycles. The lowest BCUT2D eigenvalue weighted by Gasteiger charge is -2.36. The fourth-order valence-electron chi connectivity index (χ4n) is 9.12. The van der Waals surface area contributed by atoms with Crippen molar-refractivity contribution in [3.05, 3.63) is 232 Å². The average Bonchev–Trinajstić information content (AvgIpc) is 3.56. The van der Waals surface area contributed by atoms with Gasteiger partial charge in [0.15, 0.2) is 0 Å². The molecule has 1 N–H and O–H groups in total. The number of hydrogen-bond acceptors (Lipinski definition) is 4. The first-order valence-corrected chi connectivity index (χ1v) is 21.5. The van der Waals surface area contributed by atoms with Gasteiger partial charge in [-0.25, -0.2) is 8.78 Å². The minimum Gasteiger partial charge on any atom is -0.494 e. The van der Waals surface area contributed by atoms with E-state index in [1.54, 1.807) is 31.2 Å². The normalized spacial score (nSPS) is 13.0. The van der Waals surface area contributed by atoms with E-state index in [-0.39, 0.29) is 11.1 Å². The molecule has 314 valence electrons. The van der Waals surface area contributed by atoms with Gasteiger partial charge >= 0.3 is 0 Å². The maximum atomic E-state index is 17.6. The molecule has 0 radical (unpaired) electrons. The van der Waals surface area contributed by atoms with E-state index in [4.69, 9.17) is 4.74 Å². The third-order valence-corrected chi connectivity index (χ3v) is 12.3. The zero-order valence-electron chi connectivity index (χ0n) is 36.5. The lowest BCUT2D eigenvalue weighted by molar-refractivity contribution is 0.198. The van der Waals surface area contributed by atoms with Crippen LogP contribution in [0.1, 0.15) is 70.0 Å². The zero-order valence-corrected chi connectivity index (χ0v) is 36.5. The summed E-state index contributed by atoms with van der Waals surface area (Å²) in [6.07, 6.45) is -0.914. The number of anilines is 6. The largest absolute Gasteiger partial charge is 0.494 e. The zero-order chi connectivity index (χ0) is 44.0. The number of fused-ring (bicyclic) bond motifs is 3. The van der Waals surface area contributed by atoms with E-state index in [1.165, 1.54) is 12.1 Å². The van der Waals surface area contributed by atoms with Crippen molar-refractivity contribution in [2.75, 3.05) is 16.4 Å². The Kier molecular flexibility index (Phi) is 10.9. The van der Waals surface area contributed by atoms with E-state index in [2.05, 4.69) is 171 Å². The maximum Gasteiger partial charge on any atom is 0.131 e. The summed E-state index contributed by atoms with van der Waals surface area (Å²) in [6.45, 7) is 12.1. The number of halogens is 2. The molecule has 6 heteroatoms. The van der Waals surface area contributed by atoms with Gasteiger partial charge in [0.25, 0.3) is 0 Å². The smallest absolute Gasteiger partial charge is 0.131 e. The fourth-order valence-corrected chi connectivity index (χ4v) is 9.12. The first-order chi connectivity index (χ1) is 30.5. The van der Waals surface area contributed by atoms with Crippen LogP contribution in [0, 0.1) is 39.3 Å². The van der Waals surface area contributed by atoms with Crippen molar-refractivity contribution in [3.8, 4) is 16.9 Å². The Hall–Kier alpha value is -7.02. The summed E-state index contributed by atoms with van der Waals surface area (Å²) in [6, 6.07) is 55.9. The van der Waals surface area contributed by atoms with Crippen molar-refractivity contribution < 1.29 is 18.6 Å². The molecule has 9 rings (SSSR count). The van der Waals surface area contributed by atoms with Gasteiger partial charge in [-0.05, 0) is 154 Å². The summed E-state index contributed by atoms with van der Waals surface area (Å²) in [5.41, 5.74) is 12.6. The van der Waals surface area contributed by atoms with Crippen LogP contribution in [-0.4, -0.2) is 11.7 Å². The quantitative estimate of drug-likeness (QED) is 0.141. The van der Waals surface area contributed by atoms with Crippen LogP contribution in [0.4, 0.5) is 42.9 Å². The molecule has 1 atom stereocenters. The Morgan fingerprint density at radius 3 is 1.17 bits per heavy atom. The van der Waals surface area contributed by atoms with Gasteiger partial charge in [-0.2, -0.15) is 0 Å². The van der Waals surface area contributed by atoms with Gasteiger partial charge in [-0.1, -0.05) is 101 Å². The summed E-state index contributed by atoms with van der Waals surface area (Å²) in [7, 11) is 0. The van der Waals surface area contributed by atoms with Crippen molar-refractivity contribution in [1.82, 2.24) is 0 Å². The van der Waals surface area contributed by atoms with Crippen LogP contribution in [0.25, 0.3) is 11.1 Å². The lowest BCUT2D eigenvalue weighted by atomic mass is 9.67. The van der Waals surface area contributed by atoms with Crippen LogP contribution in [-0.2, 0) is 5.41 Å². The molecule has 0 amide bonds. The van der Waals surface area contributed by atoms with E-state index < -0.39 is 23.2 Å². The average molecular weight is 833 g/mol. The molecular weight excluding hydrogens is 783 g/mol. The molecule has 0 heterocycles. The fraction of sp³-hybridized carbons (Fsp3) is 0.158. The van der Waals surface area contributed by atoms with E-state index in [9.17, 15) is 5.11 Å². The van der Waals surface area contributed by atoms with Crippen molar-refractivity contribution in [2.45, 2.75) is 53.1 Å². The molecule has 0 spiro atoms. The predicted molar refractivity (Wildman–Crippen MR) is 254 cm³/mol. The van der Waals surface area contributed by atoms with E-state index >= 15 is 8.78 Å². The summed E-state index contributed by atoms with van der Waals surface area (Å²) in [5.74, 6) is -0.703. The van der Waals surface area contributed by atoms with Crippen molar-refractivity contribution >= 4 is 34.1 Å². The van der Waals surface area contributed by atoms with E-state index in [0.29, 0.717) is 17.9 Å². The minimum atomic E-state index is -1.52. The molecule has 0 aromatic heterocycles. The van der Waals surface area contributed by atoms with Gasteiger partial charge in [0.2, 0.25) is 0 Å². The van der Waals surface area contributed by atoms with Gasteiger partial charge in [-0.3, -0.25) is 0 Å². The Balaban J connectivity index is 1.38. The van der Waals surface area contributed by atoms with Gasteiger partial charge in [0, 0.05) is 51.3 Å². The Morgan fingerprint density at radius 1 is 0.460 bits per heavy atom. The Bertz CT molecular complexity index is 2710. The number of hydrogen-bond donors (Lipinski definition) is 1. The summed E-state index contributed by atoms with van der Waals surface area (Å²) in [5, 5.41) is 10.7. The van der Waals surface area contributed by atoms with E-state index in [1.807, 2.05) is 6.92 Å². The second-order valence-corrected chi connectivity index (χ2v) is 16.7. The predicted octanol–water partition coefficient (Wildman–Crippen LogP) is 15.0. The van der Waals surface area contributed by atoms with Crippen LogP contribution in [0.2, 0.25) is 0 Å². The molecule has 1 aliphatic carbocycles. The second kappa shape index (κ2) is 16.7. The highest BCUT2D eigenvalue weighted by Crippen LogP contribution is 2.59. The first-order valence-electron chi connectivity index (χ1n) is 21.5. The standard InChI is InChI=1S/C57H50F2N2O2/c1-7-63-48-27-31-52(56(59)35-48)57(51-30-16-41(40(6)62)32-55(51)58)53-33-46(60(42-17-8-36(2)9-18-42)43-19-10-37(3)11-20-43)25-28-49(53)50-29-26-47(34-54(50)57)61(44-21-12-38(4)13-22-44)45-23-14-39(5)15-24-45/h8-35,40,62H,7H2,1-6H3. The van der Waals surface area contributed by atoms with Crippen LogP contribution in [0.15, 0.2) is 170 Å². The van der Waals surface area contributed by atoms with Gasteiger partial charge in [-0.15, -0.1) is 0 Å². The molecule has 0 saturated carbocycles. The number of benzene rings is 8. The van der Waals surface area contributed by atoms with Crippen LogP contribution < -0.4 is 14.5 Å². The maximum absolute atomic E-state index is 17.6. The molecule has 0 bridgehead atoms. The number of aryl methyl sites for hydroxylation is 4. The lowest BCUT2D eigenvalue weighted by Crippen LogP contribution is -2.31. The second-order valence-electron chi connectivity index (χ2n) is 16.7. The van der Waals surface area contributed by atoms with Crippen molar-refractivity contribution in [1.29, 1.82) is 0 Å². The van der Waals surface area contributed by atoms with Crippen molar-refractivity contribution in [2.24, 2.45) is 0 Å². The summed E-state index contributed by atoms with van der Waals surface area (Å²) in [4.78, 5) is 4.38. The Labute approximate surface area is 369 Å². The van der Waals surface area contributed by atoms with Gasteiger partial charge < -0.3 is 19.6 Å². The summed E-state index contributed by atoms with van der Waals surface area (Å²) >= 11 is 0. The molecule has 8 aromatic rings. The van der Waals surface area contributed by atoms with Gasteiger partial charge in [0.1, 0.15) is 17.4 Å². The third kappa shape index (κ3) is 7.44. The molecular formula is C57H50F2N2O2. The first kappa shape index (κ1) is 41.3. The van der Waals surface area contributed by atoms with Crippen LogP contribution >= 0.6 is 0 Å². The van der Waals surface area contributed by atoms with Crippen LogP contribution in [0.3, 0.4) is 0 Å². The van der Waals surface area contributed by atoms with Crippen LogP contribution in [0.5, 0.6) is 5.75 Å². The molecule has 1 aliphatic rings. The molecule has 0 fully saturated rings. The summed E-state index contributed by atoms with van der Waals surface area (Å²) < 4.78 is 40.9. The van der Waals surface area contributed by atoms with Gasteiger partial charge in [0.05, 0.1) is 18.1 Å². The highest BCUT2D eigenvalue weighted by Gasteiger charge is 2.50. The number of nitrogens with zero attached hydrogens (tertiary/aromatic N) is 2. The van der Waals surface area contributed by atoms with E-state index in [0.717, 1.165) is 78.6 Å². The number of rotatable bonds is 11. The highest BCUT2D eigenvalue weighted by atomic mass is 19.1. The third-order valence-electron chi connectivity index (χ3n) is 12.3. The number of ether oxygens (including phenoxy) is 1. The molecule has 4 nitrogen and oxygen atoms in total. The molecule has 0 saturated heterocycles. The SMILES string of the molecule is CCOc1ccc(C2(c3ccc(C(C)O)cc3F)c3cc(N(c4ccc(C)cc4)c4ccc(C)cc4)ccc3-c3ccc(N(c4ccc(C)cc4)c4ccc(C)cc4)cc32)c(F)c1. The minimum absolute atomic E-state index is 0.263. The Morgan fingerprint density at radius 2 is 0.825 bits per heavy atom. The molecule has 8 aromatic carbocycles. The topological polar surface area (TPSA) is 35.9 Å². The number of aliphatic hydroxyl groups is 1.